The number of methoxy groups -OCH3 is 1. The first-order valence-corrected chi connectivity index (χ1v) is 7.05. The zero-order valence-electron chi connectivity index (χ0n) is 12.5. The van der Waals surface area contributed by atoms with Crippen LogP contribution >= 0.6 is 0 Å². The molecule has 0 aromatic carbocycles. The second-order valence-electron chi connectivity index (χ2n) is 5.41. The minimum Gasteiger partial charge on any atom is -0.469 e. The van der Waals surface area contributed by atoms with Gasteiger partial charge in [0.05, 0.1) is 19.6 Å². The fourth-order valence-electron chi connectivity index (χ4n) is 2.43. The molecule has 1 amide bonds. The number of likely N-dealkylation sites (N-methyl/N-ethyl adjacent to an activating group) is 1. The quantitative estimate of drug-likeness (QED) is 0.651. The summed E-state index contributed by atoms with van der Waals surface area (Å²) in [5.74, 6) is 0.487. The molecule has 0 radical (unpaired) electrons. The normalized spacial score (nSPS) is 21.0. The predicted octanol–water partition coefficient (Wildman–Crippen LogP) is 1.13. The van der Waals surface area contributed by atoms with Crippen molar-refractivity contribution >= 4 is 11.9 Å². The largest absolute Gasteiger partial charge is 0.469 e. The van der Waals surface area contributed by atoms with Gasteiger partial charge >= 0.3 is 5.97 Å². The van der Waals surface area contributed by atoms with Crippen LogP contribution < -0.4 is 0 Å². The third kappa shape index (κ3) is 4.49. The summed E-state index contributed by atoms with van der Waals surface area (Å²) in [6.45, 7) is 6.52. The van der Waals surface area contributed by atoms with Crippen molar-refractivity contribution in [3.8, 4) is 0 Å². The zero-order chi connectivity index (χ0) is 14.4. The first-order chi connectivity index (χ1) is 8.99. The Hall–Kier alpha value is -1.10. The molecule has 2 unspecified atom stereocenters. The Balaban J connectivity index is 2.43. The number of likely N-dealkylation sites (tertiary alicyclic amines) is 1. The first kappa shape index (κ1) is 16.0. The predicted molar refractivity (Wildman–Crippen MR) is 73.7 cm³/mol. The maximum Gasteiger partial charge on any atom is 0.307 e. The van der Waals surface area contributed by atoms with Crippen LogP contribution in [0.2, 0.25) is 0 Å². The standard InChI is InChI=1S/C14H26N2O3/c1-5-11(2)10-15(3)12-6-8-16(14(12)18)9-7-13(17)19-4/h11-12H,5-10H2,1-4H3. The SMILES string of the molecule is CCC(C)CN(C)C1CCN(CCC(=O)OC)C1=O. The summed E-state index contributed by atoms with van der Waals surface area (Å²) in [7, 11) is 3.38. The molecule has 1 aliphatic rings. The molecule has 1 aliphatic heterocycles. The summed E-state index contributed by atoms with van der Waals surface area (Å²) in [6, 6.07) is -0.0216. The van der Waals surface area contributed by atoms with Gasteiger partial charge in [0.2, 0.25) is 5.91 Å². The van der Waals surface area contributed by atoms with Crippen LogP contribution in [0.3, 0.4) is 0 Å². The highest BCUT2D eigenvalue weighted by molar-refractivity contribution is 5.84. The molecule has 19 heavy (non-hydrogen) atoms. The van der Waals surface area contributed by atoms with Crippen molar-refractivity contribution < 1.29 is 14.3 Å². The van der Waals surface area contributed by atoms with Crippen molar-refractivity contribution in [2.75, 3.05) is 33.8 Å². The van der Waals surface area contributed by atoms with Crippen LogP contribution in [0, 0.1) is 5.92 Å². The topological polar surface area (TPSA) is 49.9 Å². The molecule has 0 N–H and O–H groups in total. The molecule has 0 saturated carbocycles. The molecular formula is C14H26N2O3. The number of amides is 1. The molecule has 1 fully saturated rings. The van der Waals surface area contributed by atoms with Crippen molar-refractivity contribution in [2.45, 2.75) is 39.2 Å². The lowest BCUT2D eigenvalue weighted by molar-refractivity contribution is -0.141. The van der Waals surface area contributed by atoms with Crippen molar-refractivity contribution in [3.05, 3.63) is 0 Å². The minimum absolute atomic E-state index is 0.0216. The smallest absolute Gasteiger partial charge is 0.307 e. The summed E-state index contributed by atoms with van der Waals surface area (Å²) in [4.78, 5) is 27.3. The van der Waals surface area contributed by atoms with E-state index < -0.39 is 0 Å². The van der Waals surface area contributed by atoms with E-state index in [1.54, 1.807) is 4.90 Å². The lowest BCUT2D eigenvalue weighted by Crippen LogP contribution is -2.41. The van der Waals surface area contributed by atoms with E-state index in [-0.39, 0.29) is 24.3 Å². The number of nitrogens with zero attached hydrogens (tertiary/aromatic N) is 2. The summed E-state index contributed by atoms with van der Waals surface area (Å²) in [5.41, 5.74) is 0. The molecule has 0 spiro atoms. The van der Waals surface area contributed by atoms with Gasteiger partial charge in [-0.15, -0.1) is 0 Å². The van der Waals surface area contributed by atoms with Gasteiger partial charge in [-0.25, -0.2) is 0 Å². The second kappa shape index (κ2) is 7.48. The summed E-state index contributed by atoms with van der Waals surface area (Å²) in [6.07, 6.45) is 2.26. The van der Waals surface area contributed by atoms with E-state index in [4.69, 9.17) is 0 Å². The van der Waals surface area contributed by atoms with Gasteiger partial charge in [0.1, 0.15) is 0 Å². The fraction of sp³-hybridized carbons (Fsp3) is 0.857. The van der Waals surface area contributed by atoms with Crippen LogP contribution in [0.15, 0.2) is 0 Å². The van der Waals surface area contributed by atoms with Crippen molar-refractivity contribution in [2.24, 2.45) is 5.92 Å². The lowest BCUT2D eigenvalue weighted by atomic mass is 10.1. The van der Waals surface area contributed by atoms with Crippen molar-refractivity contribution in [3.63, 3.8) is 0 Å². The highest BCUT2D eigenvalue weighted by atomic mass is 16.5. The number of carbonyl (C=O) groups is 2. The van der Waals surface area contributed by atoms with Crippen LogP contribution in [-0.4, -0.2) is 61.5 Å². The maximum atomic E-state index is 12.2. The van der Waals surface area contributed by atoms with Crippen LogP contribution in [-0.2, 0) is 14.3 Å². The van der Waals surface area contributed by atoms with Gasteiger partial charge in [-0.1, -0.05) is 20.3 Å². The summed E-state index contributed by atoms with van der Waals surface area (Å²) >= 11 is 0. The molecule has 110 valence electrons. The number of carbonyl (C=O) groups excluding carboxylic acids is 2. The number of hydrogen-bond donors (Lipinski definition) is 0. The molecule has 1 saturated heterocycles. The van der Waals surface area contributed by atoms with E-state index >= 15 is 0 Å². The van der Waals surface area contributed by atoms with Crippen LogP contribution in [0.1, 0.15) is 33.1 Å². The Kier molecular flexibility index (Phi) is 6.28. The van der Waals surface area contributed by atoms with E-state index in [0.29, 0.717) is 12.5 Å². The van der Waals surface area contributed by atoms with Gasteiger partial charge in [0.15, 0.2) is 0 Å². The molecular weight excluding hydrogens is 244 g/mol. The van der Waals surface area contributed by atoms with E-state index in [2.05, 4.69) is 23.5 Å². The van der Waals surface area contributed by atoms with Crippen LogP contribution in [0.4, 0.5) is 0 Å². The van der Waals surface area contributed by atoms with Gasteiger partial charge in [-0.05, 0) is 19.4 Å². The Labute approximate surface area is 115 Å². The number of rotatable bonds is 7. The van der Waals surface area contributed by atoms with Crippen molar-refractivity contribution in [1.29, 1.82) is 0 Å². The molecule has 2 atom stereocenters. The number of hydrogen-bond acceptors (Lipinski definition) is 4. The van der Waals surface area contributed by atoms with E-state index in [1.165, 1.54) is 7.11 Å². The van der Waals surface area contributed by atoms with Gasteiger partial charge in [0, 0.05) is 19.6 Å². The Bertz CT molecular complexity index is 320. The first-order valence-electron chi connectivity index (χ1n) is 7.05. The minimum atomic E-state index is -0.260. The molecule has 0 aromatic rings. The van der Waals surface area contributed by atoms with Gasteiger partial charge in [-0.3, -0.25) is 14.5 Å². The van der Waals surface area contributed by atoms with Crippen LogP contribution in [0.25, 0.3) is 0 Å². The molecule has 0 aliphatic carbocycles. The Morgan fingerprint density at radius 3 is 2.84 bits per heavy atom. The third-order valence-corrected chi connectivity index (χ3v) is 3.91. The molecule has 1 heterocycles. The molecule has 5 heteroatoms. The van der Waals surface area contributed by atoms with Crippen molar-refractivity contribution in [1.82, 2.24) is 9.80 Å². The average molecular weight is 270 g/mol. The Morgan fingerprint density at radius 1 is 1.58 bits per heavy atom. The number of esters is 1. The maximum absolute atomic E-state index is 12.2. The molecule has 1 rings (SSSR count). The second-order valence-corrected chi connectivity index (χ2v) is 5.41. The van der Waals surface area contributed by atoms with Gasteiger partial charge in [-0.2, -0.15) is 0 Å². The molecule has 5 nitrogen and oxygen atoms in total. The Morgan fingerprint density at radius 2 is 2.26 bits per heavy atom. The van der Waals surface area contributed by atoms with E-state index in [9.17, 15) is 9.59 Å². The monoisotopic (exact) mass is 270 g/mol. The van der Waals surface area contributed by atoms with Gasteiger partial charge < -0.3 is 9.64 Å². The summed E-state index contributed by atoms with van der Waals surface area (Å²) in [5, 5.41) is 0. The highest BCUT2D eigenvalue weighted by Gasteiger charge is 2.34. The summed E-state index contributed by atoms with van der Waals surface area (Å²) < 4.78 is 4.60. The fourth-order valence-corrected chi connectivity index (χ4v) is 2.43. The van der Waals surface area contributed by atoms with Crippen LogP contribution in [0.5, 0.6) is 0 Å². The average Bonchev–Trinajstić information content (AvgIpc) is 2.77. The number of ether oxygens (including phenoxy) is 1. The van der Waals surface area contributed by atoms with Gasteiger partial charge in [0.25, 0.3) is 0 Å². The molecule has 0 bridgehead atoms. The highest BCUT2D eigenvalue weighted by Crippen LogP contribution is 2.18. The van der Waals surface area contributed by atoms with E-state index in [1.807, 2.05) is 7.05 Å². The van der Waals surface area contributed by atoms with E-state index in [0.717, 1.165) is 25.9 Å². The lowest BCUT2D eigenvalue weighted by Gasteiger charge is -2.26. The molecule has 0 aromatic heterocycles. The third-order valence-electron chi connectivity index (χ3n) is 3.91. The zero-order valence-corrected chi connectivity index (χ0v) is 12.5.